The van der Waals surface area contributed by atoms with E-state index in [0.29, 0.717) is 19.0 Å². The number of nitrogens with zero attached hydrogens (tertiary/aromatic N) is 1. The zero-order valence-electron chi connectivity index (χ0n) is 12.6. The van der Waals surface area contributed by atoms with Crippen LogP contribution in [-0.2, 0) is 17.9 Å². The molecule has 1 aliphatic carbocycles. The van der Waals surface area contributed by atoms with Crippen LogP contribution in [0.3, 0.4) is 0 Å². The zero-order chi connectivity index (χ0) is 14.5. The van der Waals surface area contributed by atoms with Crippen LogP contribution in [0.5, 0.6) is 0 Å². The summed E-state index contributed by atoms with van der Waals surface area (Å²) in [6.45, 7) is 3.54. The maximum atomic E-state index is 12.4. The van der Waals surface area contributed by atoms with Gasteiger partial charge in [-0.3, -0.25) is 4.79 Å². The Morgan fingerprint density at radius 1 is 1.15 bits per heavy atom. The predicted octanol–water partition coefficient (Wildman–Crippen LogP) is 2.93. The van der Waals surface area contributed by atoms with E-state index in [1.807, 2.05) is 24.1 Å². The molecule has 0 heterocycles. The molecule has 1 aromatic rings. The molecule has 1 aliphatic rings. The van der Waals surface area contributed by atoms with Crippen molar-refractivity contribution in [2.24, 2.45) is 17.6 Å². The van der Waals surface area contributed by atoms with Gasteiger partial charge in [-0.25, -0.2) is 0 Å². The summed E-state index contributed by atoms with van der Waals surface area (Å²) in [5.41, 5.74) is 7.89. The minimum atomic E-state index is 0.236. The Morgan fingerprint density at radius 3 is 2.25 bits per heavy atom. The molecule has 3 heteroatoms. The standard InChI is InChI=1S/C17H26N2O/c1-13-3-9-16(10-4-13)17(20)19(2)12-15-7-5-14(11-18)6-8-15/h5-8,13,16H,3-4,9-12,18H2,1-2H3. The summed E-state index contributed by atoms with van der Waals surface area (Å²) in [6.07, 6.45) is 4.48. The average Bonchev–Trinajstić information content (AvgIpc) is 2.48. The third kappa shape index (κ3) is 3.83. The molecular weight excluding hydrogens is 248 g/mol. The molecule has 20 heavy (non-hydrogen) atoms. The number of amides is 1. The highest BCUT2D eigenvalue weighted by Gasteiger charge is 2.26. The van der Waals surface area contributed by atoms with Gasteiger partial charge < -0.3 is 10.6 Å². The van der Waals surface area contributed by atoms with E-state index in [-0.39, 0.29) is 5.92 Å². The third-order valence-electron chi connectivity index (χ3n) is 4.42. The lowest BCUT2D eigenvalue weighted by Crippen LogP contribution is -2.34. The van der Waals surface area contributed by atoms with Gasteiger partial charge in [-0.2, -0.15) is 0 Å². The van der Waals surface area contributed by atoms with E-state index in [9.17, 15) is 4.79 Å². The van der Waals surface area contributed by atoms with Gasteiger partial charge in [-0.1, -0.05) is 31.2 Å². The van der Waals surface area contributed by atoms with Gasteiger partial charge in [0.25, 0.3) is 0 Å². The van der Waals surface area contributed by atoms with Gasteiger partial charge in [0, 0.05) is 26.1 Å². The monoisotopic (exact) mass is 274 g/mol. The largest absolute Gasteiger partial charge is 0.341 e. The average molecular weight is 274 g/mol. The minimum Gasteiger partial charge on any atom is -0.341 e. The van der Waals surface area contributed by atoms with Crippen LogP contribution in [0.15, 0.2) is 24.3 Å². The van der Waals surface area contributed by atoms with Gasteiger partial charge in [0.1, 0.15) is 0 Å². The Balaban J connectivity index is 1.89. The molecule has 0 spiro atoms. The smallest absolute Gasteiger partial charge is 0.225 e. The lowest BCUT2D eigenvalue weighted by molar-refractivity contribution is -0.136. The summed E-state index contributed by atoms with van der Waals surface area (Å²) in [5, 5.41) is 0. The van der Waals surface area contributed by atoms with Crippen molar-refractivity contribution in [1.82, 2.24) is 4.90 Å². The Kier molecular flexibility index (Phi) is 5.18. The van der Waals surface area contributed by atoms with Crippen LogP contribution in [0.1, 0.15) is 43.7 Å². The molecule has 1 amide bonds. The lowest BCUT2D eigenvalue weighted by atomic mass is 9.82. The fourth-order valence-corrected chi connectivity index (χ4v) is 2.95. The second-order valence-electron chi connectivity index (χ2n) is 6.17. The van der Waals surface area contributed by atoms with Crippen molar-refractivity contribution in [2.75, 3.05) is 7.05 Å². The van der Waals surface area contributed by atoms with E-state index in [1.165, 1.54) is 18.4 Å². The second-order valence-corrected chi connectivity index (χ2v) is 6.17. The molecule has 1 saturated carbocycles. The lowest BCUT2D eigenvalue weighted by Gasteiger charge is -2.29. The topological polar surface area (TPSA) is 46.3 Å². The first-order chi connectivity index (χ1) is 9.60. The van der Waals surface area contributed by atoms with E-state index < -0.39 is 0 Å². The highest BCUT2D eigenvalue weighted by molar-refractivity contribution is 5.78. The molecule has 0 radical (unpaired) electrons. The van der Waals surface area contributed by atoms with Crippen molar-refractivity contribution in [1.29, 1.82) is 0 Å². The van der Waals surface area contributed by atoms with Crippen molar-refractivity contribution in [3.8, 4) is 0 Å². The predicted molar refractivity (Wildman–Crippen MR) is 81.9 cm³/mol. The highest BCUT2D eigenvalue weighted by atomic mass is 16.2. The van der Waals surface area contributed by atoms with E-state index in [1.54, 1.807) is 0 Å². The molecule has 0 unspecified atom stereocenters. The van der Waals surface area contributed by atoms with E-state index in [4.69, 9.17) is 5.73 Å². The van der Waals surface area contributed by atoms with E-state index in [2.05, 4.69) is 19.1 Å². The number of hydrogen-bond donors (Lipinski definition) is 1. The SMILES string of the molecule is CC1CCC(C(=O)N(C)Cc2ccc(CN)cc2)CC1. The number of hydrogen-bond acceptors (Lipinski definition) is 2. The minimum absolute atomic E-state index is 0.236. The van der Waals surface area contributed by atoms with Crippen LogP contribution >= 0.6 is 0 Å². The van der Waals surface area contributed by atoms with Gasteiger partial charge in [-0.05, 0) is 42.7 Å². The second kappa shape index (κ2) is 6.89. The number of benzene rings is 1. The molecule has 1 fully saturated rings. The van der Waals surface area contributed by atoms with Gasteiger partial charge in [0.2, 0.25) is 5.91 Å². The molecule has 110 valence electrons. The fraction of sp³-hybridized carbons (Fsp3) is 0.588. The zero-order valence-corrected chi connectivity index (χ0v) is 12.6. The number of carbonyl (C=O) groups is 1. The first-order valence-electron chi connectivity index (χ1n) is 7.63. The Hall–Kier alpha value is -1.35. The van der Waals surface area contributed by atoms with Gasteiger partial charge in [0.05, 0.1) is 0 Å². The van der Waals surface area contributed by atoms with Crippen LogP contribution < -0.4 is 5.73 Å². The molecule has 0 aromatic heterocycles. The van der Waals surface area contributed by atoms with Gasteiger partial charge in [-0.15, -0.1) is 0 Å². The third-order valence-corrected chi connectivity index (χ3v) is 4.42. The Morgan fingerprint density at radius 2 is 1.70 bits per heavy atom. The molecule has 2 N–H and O–H groups in total. The first-order valence-corrected chi connectivity index (χ1v) is 7.63. The number of carbonyl (C=O) groups excluding carboxylic acids is 1. The van der Waals surface area contributed by atoms with Crippen molar-refractivity contribution < 1.29 is 4.79 Å². The quantitative estimate of drug-likeness (QED) is 0.917. The molecule has 0 saturated heterocycles. The van der Waals surface area contributed by atoms with Crippen molar-refractivity contribution in [3.63, 3.8) is 0 Å². The number of nitrogens with two attached hydrogens (primary N) is 1. The van der Waals surface area contributed by atoms with Crippen LogP contribution in [0.4, 0.5) is 0 Å². The van der Waals surface area contributed by atoms with Crippen LogP contribution in [0, 0.1) is 11.8 Å². The van der Waals surface area contributed by atoms with E-state index >= 15 is 0 Å². The van der Waals surface area contributed by atoms with Gasteiger partial charge >= 0.3 is 0 Å². The summed E-state index contributed by atoms with van der Waals surface area (Å²) < 4.78 is 0. The summed E-state index contributed by atoms with van der Waals surface area (Å²) in [6, 6.07) is 8.20. The molecule has 0 aliphatic heterocycles. The van der Waals surface area contributed by atoms with Crippen LogP contribution in [0.2, 0.25) is 0 Å². The summed E-state index contributed by atoms with van der Waals surface area (Å²) in [5.74, 6) is 1.33. The molecule has 0 atom stereocenters. The number of rotatable bonds is 4. The van der Waals surface area contributed by atoms with Crippen LogP contribution in [0.25, 0.3) is 0 Å². The molecule has 1 aromatic carbocycles. The molecule has 2 rings (SSSR count). The Bertz CT molecular complexity index is 433. The van der Waals surface area contributed by atoms with Crippen molar-refractivity contribution in [2.45, 2.75) is 45.7 Å². The summed E-state index contributed by atoms with van der Waals surface area (Å²) in [7, 11) is 1.91. The Labute approximate surface area is 122 Å². The van der Waals surface area contributed by atoms with Crippen molar-refractivity contribution >= 4 is 5.91 Å². The van der Waals surface area contributed by atoms with E-state index in [0.717, 1.165) is 24.3 Å². The first kappa shape index (κ1) is 15.0. The normalized spacial score (nSPS) is 22.6. The van der Waals surface area contributed by atoms with Crippen LogP contribution in [-0.4, -0.2) is 17.9 Å². The van der Waals surface area contributed by atoms with Crippen molar-refractivity contribution in [3.05, 3.63) is 35.4 Å². The molecule has 0 bridgehead atoms. The fourth-order valence-electron chi connectivity index (χ4n) is 2.95. The molecule has 3 nitrogen and oxygen atoms in total. The highest BCUT2D eigenvalue weighted by Crippen LogP contribution is 2.29. The summed E-state index contributed by atoms with van der Waals surface area (Å²) in [4.78, 5) is 14.3. The van der Waals surface area contributed by atoms with Gasteiger partial charge in [0.15, 0.2) is 0 Å². The maximum absolute atomic E-state index is 12.4. The summed E-state index contributed by atoms with van der Waals surface area (Å²) >= 11 is 0. The molecular formula is C17H26N2O. The maximum Gasteiger partial charge on any atom is 0.225 e.